The first-order chi connectivity index (χ1) is 8.28. The first kappa shape index (κ1) is 11.9. The van der Waals surface area contributed by atoms with Crippen molar-refractivity contribution in [2.45, 2.75) is 6.92 Å². The molecule has 3 nitrogen and oxygen atoms in total. The van der Waals surface area contributed by atoms with Crippen molar-refractivity contribution in [2.75, 3.05) is 17.2 Å². The Bertz CT molecular complexity index is 482. The fourth-order valence-corrected chi connectivity index (χ4v) is 1.75. The van der Waals surface area contributed by atoms with Crippen LogP contribution in [0.2, 0.25) is 0 Å². The van der Waals surface area contributed by atoms with Gasteiger partial charge in [0.25, 0.3) is 0 Å². The second-order valence-electron chi connectivity index (χ2n) is 3.59. The van der Waals surface area contributed by atoms with Crippen LogP contribution in [0.25, 0.3) is 0 Å². The number of pyridine rings is 1. The van der Waals surface area contributed by atoms with Crippen LogP contribution >= 0.6 is 15.9 Å². The third kappa shape index (κ3) is 3.46. The number of nitrogens with one attached hydrogen (secondary N) is 2. The van der Waals surface area contributed by atoms with Gasteiger partial charge in [0.05, 0.1) is 0 Å². The minimum atomic E-state index is 0.870. The fourth-order valence-electron chi connectivity index (χ4n) is 1.49. The largest absolute Gasteiger partial charge is 0.370 e. The molecule has 2 N–H and O–H groups in total. The molecular formula is C13H14BrN3. The Morgan fingerprint density at radius 3 is 2.59 bits per heavy atom. The molecule has 0 unspecified atom stereocenters. The zero-order chi connectivity index (χ0) is 12.1. The average Bonchev–Trinajstić information content (AvgIpc) is 2.33. The normalized spacial score (nSPS) is 10.0. The molecule has 0 spiro atoms. The molecule has 1 heterocycles. The summed E-state index contributed by atoms with van der Waals surface area (Å²) in [7, 11) is 0. The zero-order valence-electron chi connectivity index (χ0n) is 9.57. The van der Waals surface area contributed by atoms with Crippen LogP contribution in [0.15, 0.2) is 47.1 Å². The quantitative estimate of drug-likeness (QED) is 0.893. The van der Waals surface area contributed by atoms with Crippen LogP contribution < -0.4 is 10.6 Å². The fraction of sp³-hybridized carbons (Fsp3) is 0.154. The predicted octanol–water partition coefficient (Wildman–Crippen LogP) is 4.02. The minimum absolute atomic E-state index is 0.870. The molecule has 0 amide bonds. The molecule has 0 aliphatic rings. The molecule has 0 radical (unpaired) electrons. The highest BCUT2D eigenvalue weighted by Gasteiger charge is 1.97. The first-order valence-corrected chi connectivity index (χ1v) is 6.30. The highest BCUT2D eigenvalue weighted by Crippen LogP contribution is 2.20. The van der Waals surface area contributed by atoms with Crippen molar-refractivity contribution < 1.29 is 0 Å². The summed E-state index contributed by atoms with van der Waals surface area (Å²) in [6.07, 6.45) is 1.79. The molecule has 0 aliphatic carbocycles. The van der Waals surface area contributed by atoms with E-state index in [1.165, 1.54) is 0 Å². The van der Waals surface area contributed by atoms with Gasteiger partial charge in [0, 0.05) is 34.7 Å². The summed E-state index contributed by atoms with van der Waals surface area (Å²) < 4.78 is 1.08. The van der Waals surface area contributed by atoms with Crippen molar-refractivity contribution in [3.05, 3.63) is 47.1 Å². The van der Waals surface area contributed by atoms with E-state index in [0.717, 1.165) is 28.2 Å². The number of nitrogens with zero attached hydrogens (tertiary/aromatic N) is 1. The van der Waals surface area contributed by atoms with Crippen LogP contribution in [-0.2, 0) is 0 Å². The van der Waals surface area contributed by atoms with Crippen molar-refractivity contribution in [3.63, 3.8) is 0 Å². The van der Waals surface area contributed by atoms with Crippen LogP contribution in [0, 0.1) is 0 Å². The molecule has 0 fully saturated rings. The SMILES string of the molecule is CCNc1cc(Nc2ccc(Br)cc2)ccn1. The van der Waals surface area contributed by atoms with Crippen molar-refractivity contribution in [1.82, 2.24) is 4.98 Å². The van der Waals surface area contributed by atoms with E-state index < -0.39 is 0 Å². The molecule has 0 bridgehead atoms. The Morgan fingerprint density at radius 1 is 1.12 bits per heavy atom. The van der Waals surface area contributed by atoms with Gasteiger partial charge in [-0.05, 0) is 37.3 Å². The molecule has 0 atom stereocenters. The number of aromatic nitrogens is 1. The lowest BCUT2D eigenvalue weighted by Crippen LogP contribution is -1.99. The van der Waals surface area contributed by atoms with Crippen LogP contribution in [0.1, 0.15) is 6.92 Å². The predicted molar refractivity (Wildman–Crippen MR) is 75.8 cm³/mol. The Labute approximate surface area is 109 Å². The van der Waals surface area contributed by atoms with Gasteiger partial charge in [-0.3, -0.25) is 0 Å². The zero-order valence-corrected chi connectivity index (χ0v) is 11.2. The Hall–Kier alpha value is -1.55. The summed E-state index contributed by atoms with van der Waals surface area (Å²) in [4.78, 5) is 4.23. The summed E-state index contributed by atoms with van der Waals surface area (Å²) in [5, 5.41) is 6.51. The molecule has 0 saturated carbocycles. The molecule has 88 valence electrons. The standard InChI is InChI=1S/C13H14BrN3/c1-2-15-13-9-12(7-8-16-13)17-11-5-3-10(14)4-6-11/h3-9H,2H2,1H3,(H2,15,16,17). The molecule has 1 aromatic carbocycles. The molecular weight excluding hydrogens is 278 g/mol. The topological polar surface area (TPSA) is 37.0 Å². The molecule has 0 saturated heterocycles. The van der Waals surface area contributed by atoms with Gasteiger partial charge >= 0.3 is 0 Å². The lowest BCUT2D eigenvalue weighted by atomic mass is 10.3. The highest BCUT2D eigenvalue weighted by molar-refractivity contribution is 9.10. The van der Waals surface area contributed by atoms with E-state index in [0.29, 0.717) is 0 Å². The summed E-state index contributed by atoms with van der Waals surface area (Å²) in [5.74, 6) is 0.884. The van der Waals surface area contributed by atoms with Gasteiger partial charge in [-0.15, -0.1) is 0 Å². The number of halogens is 1. The molecule has 2 aromatic rings. The van der Waals surface area contributed by atoms with E-state index in [4.69, 9.17) is 0 Å². The van der Waals surface area contributed by atoms with E-state index in [9.17, 15) is 0 Å². The minimum Gasteiger partial charge on any atom is -0.370 e. The summed E-state index contributed by atoms with van der Waals surface area (Å²) in [5.41, 5.74) is 2.08. The van der Waals surface area contributed by atoms with Crippen LogP contribution in [0.5, 0.6) is 0 Å². The third-order valence-electron chi connectivity index (χ3n) is 2.25. The van der Waals surface area contributed by atoms with E-state index in [2.05, 4.69) is 38.5 Å². The van der Waals surface area contributed by atoms with Gasteiger partial charge in [0.1, 0.15) is 5.82 Å². The number of rotatable bonds is 4. The second-order valence-corrected chi connectivity index (χ2v) is 4.51. The van der Waals surface area contributed by atoms with Crippen molar-refractivity contribution >= 4 is 33.1 Å². The maximum Gasteiger partial charge on any atom is 0.127 e. The van der Waals surface area contributed by atoms with Crippen LogP contribution in [-0.4, -0.2) is 11.5 Å². The van der Waals surface area contributed by atoms with Gasteiger partial charge in [-0.25, -0.2) is 4.98 Å². The van der Waals surface area contributed by atoms with E-state index >= 15 is 0 Å². The van der Waals surface area contributed by atoms with Gasteiger partial charge in [-0.1, -0.05) is 15.9 Å². The van der Waals surface area contributed by atoms with Gasteiger partial charge < -0.3 is 10.6 Å². The van der Waals surface area contributed by atoms with Gasteiger partial charge in [0.15, 0.2) is 0 Å². The molecule has 1 aromatic heterocycles. The third-order valence-corrected chi connectivity index (χ3v) is 2.78. The number of anilines is 3. The molecule has 2 rings (SSSR count). The van der Waals surface area contributed by atoms with Crippen molar-refractivity contribution in [3.8, 4) is 0 Å². The molecule has 4 heteroatoms. The maximum absolute atomic E-state index is 4.23. The van der Waals surface area contributed by atoms with Crippen molar-refractivity contribution in [2.24, 2.45) is 0 Å². The Kier molecular flexibility index (Phi) is 3.98. The molecule has 0 aliphatic heterocycles. The maximum atomic E-state index is 4.23. The lowest BCUT2D eigenvalue weighted by molar-refractivity contribution is 1.16. The number of benzene rings is 1. The number of hydrogen-bond donors (Lipinski definition) is 2. The summed E-state index contributed by atoms with van der Waals surface area (Å²) >= 11 is 3.42. The van der Waals surface area contributed by atoms with E-state index in [1.807, 2.05) is 36.4 Å². The average molecular weight is 292 g/mol. The highest BCUT2D eigenvalue weighted by atomic mass is 79.9. The second kappa shape index (κ2) is 5.68. The monoisotopic (exact) mass is 291 g/mol. The van der Waals surface area contributed by atoms with Crippen molar-refractivity contribution in [1.29, 1.82) is 0 Å². The van der Waals surface area contributed by atoms with Gasteiger partial charge in [-0.2, -0.15) is 0 Å². The number of hydrogen-bond acceptors (Lipinski definition) is 3. The van der Waals surface area contributed by atoms with Crippen LogP contribution in [0.3, 0.4) is 0 Å². The lowest BCUT2D eigenvalue weighted by Gasteiger charge is -2.08. The van der Waals surface area contributed by atoms with E-state index in [-0.39, 0.29) is 0 Å². The van der Waals surface area contributed by atoms with E-state index in [1.54, 1.807) is 6.20 Å². The molecule has 17 heavy (non-hydrogen) atoms. The smallest absolute Gasteiger partial charge is 0.127 e. The van der Waals surface area contributed by atoms with Crippen LogP contribution in [0.4, 0.5) is 17.2 Å². The summed E-state index contributed by atoms with van der Waals surface area (Å²) in [6.45, 7) is 2.92. The summed E-state index contributed by atoms with van der Waals surface area (Å²) in [6, 6.07) is 12.0. The Morgan fingerprint density at radius 2 is 1.88 bits per heavy atom. The Balaban J connectivity index is 2.12. The first-order valence-electron chi connectivity index (χ1n) is 5.50. The van der Waals surface area contributed by atoms with Gasteiger partial charge in [0.2, 0.25) is 0 Å².